The molecule has 0 fully saturated rings. The highest BCUT2D eigenvalue weighted by Gasteiger charge is 2.24. The lowest BCUT2D eigenvalue weighted by molar-refractivity contribution is -0.116. The molecular formula is C16H18N2OS2. The Bertz CT molecular complexity index is 666. The number of fused-ring (bicyclic) bond motifs is 1. The number of carbonyl (C=O) groups is 1. The molecule has 1 amide bonds. The van der Waals surface area contributed by atoms with Gasteiger partial charge in [-0.2, -0.15) is 0 Å². The molecule has 21 heavy (non-hydrogen) atoms. The summed E-state index contributed by atoms with van der Waals surface area (Å²) in [7, 11) is 0. The van der Waals surface area contributed by atoms with E-state index in [0.29, 0.717) is 17.5 Å². The number of nitrogens with one attached hydrogen (secondary N) is 1. The minimum atomic E-state index is 0.0677. The normalized spacial score (nSPS) is 16.8. The lowest BCUT2D eigenvalue weighted by Gasteiger charge is -2.10. The summed E-state index contributed by atoms with van der Waals surface area (Å²) in [5.41, 5.74) is 3.73. The first-order valence-corrected chi connectivity index (χ1v) is 9.10. The number of thioether (sulfide) groups is 1. The van der Waals surface area contributed by atoms with Gasteiger partial charge in [-0.25, -0.2) is 4.98 Å². The van der Waals surface area contributed by atoms with Crippen LogP contribution in [0.2, 0.25) is 0 Å². The van der Waals surface area contributed by atoms with Crippen molar-refractivity contribution in [2.75, 3.05) is 11.6 Å². The predicted molar refractivity (Wildman–Crippen MR) is 89.4 cm³/mol. The number of rotatable bonds is 4. The van der Waals surface area contributed by atoms with E-state index < -0.39 is 0 Å². The zero-order valence-electron chi connectivity index (χ0n) is 12.2. The van der Waals surface area contributed by atoms with E-state index in [4.69, 9.17) is 0 Å². The fourth-order valence-corrected chi connectivity index (χ4v) is 4.50. The Morgan fingerprint density at radius 3 is 3.05 bits per heavy atom. The third-order valence-electron chi connectivity index (χ3n) is 3.87. The minimum absolute atomic E-state index is 0.0677. The summed E-state index contributed by atoms with van der Waals surface area (Å²) >= 11 is 3.22. The second-order valence-electron chi connectivity index (χ2n) is 5.28. The molecule has 2 aromatic rings. The van der Waals surface area contributed by atoms with E-state index in [2.05, 4.69) is 34.6 Å². The van der Waals surface area contributed by atoms with Crippen LogP contribution in [0.3, 0.4) is 0 Å². The highest BCUT2D eigenvalue weighted by molar-refractivity contribution is 8.00. The van der Waals surface area contributed by atoms with Crippen LogP contribution < -0.4 is 5.32 Å². The predicted octanol–water partition coefficient (Wildman–Crippen LogP) is 4.23. The Morgan fingerprint density at radius 1 is 1.48 bits per heavy atom. The minimum Gasteiger partial charge on any atom is -0.302 e. The average molecular weight is 318 g/mol. The van der Waals surface area contributed by atoms with Gasteiger partial charge in [-0.15, -0.1) is 11.8 Å². The van der Waals surface area contributed by atoms with E-state index in [9.17, 15) is 4.79 Å². The molecule has 5 heteroatoms. The van der Waals surface area contributed by atoms with Crippen molar-refractivity contribution in [3.63, 3.8) is 0 Å². The topological polar surface area (TPSA) is 42.0 Å². The summed E-state index contributed by atoms with van der Waals surface area (Å²) < 4.78 is 1.16. The summed E-state index contributed by atoms with van der Waals surface area (Å²) in [6, 6.07) is 8.45. The van der Waals surface area contributed by atoms with E-state index in [-0.39, 0.29) is 5.91 Å². The van der Waals surface area contributed by atoms with Gasteiger partial charge in [0, 0.05) is 6.42 Å². The van der Waals surface area contributed by atoms with Crippen LogP contribution >= 0.6 is 23.1 Å². The molecule has 1 N–H and O–H groups in total. The maximum atomic E-state index is 12.2. The molecule has 0 radical (unpaired) electrons. The molecule has 0 aliphatic heterocycles. The van der Waals surface area contributed by atoms with Crippen LogP contribution in [-0.4, -0.2) is 17.1 Å². The SMILES string of the molecule is CSc1sc(NC(=O)CC2CCc3ccccc32)nc1C. The number of aromatic nitrogens is 1. The summed E-state index contributed by atoms with van der Waals surface area (Å²) in [5.74, 6) is 0.417. The largest absolute Gasteiger partial charge is 0.302 e. The van der Waals surface area contributed by atoms with Gasteiger partial charge in [0.25, 0.3) is 0 Å². The molecule has 1 heterocycles. The number of hydrogen-bond acceptors (Lipinski definition) is 4. The van der Waals surface area contributed by atoms with Crippen LogP contribution in [0.15, 0.2) is 28.5 Å². The van der Waals surface area contributed by atoms with Gasteiger partial charge in [-0.1, -0.05) is 35.6 Å². The van der Waals surface area contributed by atoms with Crippen molar-refractivity contribution in [1.82, 2.24) is 4.98 Å². The van der Waals surface area contributed by atoms with E-state index in [1.807, 2.05) is 13.2 Å². The second kappa shape index (κ2) is 6.20. The molecule has 3 nitrogen and oxygen atoms in total. The fraction of sp³-hybridized carbons (Fsp3) is 0.375. The zero-order chi connectivity index (χ0) is 14.8. The Kier molecular flexibility index (Phi) is 4.31. The number of carbonyl (C=O) groups excluding carboxylic acids is 1. The molecular weight excluding hydrogens is 300 g/mol. The van der Waals surface area contributed by atoms with Crippen LogP contribution in [0.4, 0.5) is 5.13 Å². The summed E-state index contributed by atoms with van der Waals surface area (Å²) in [4.78, 5) is 16.6. The van der Waals surface area contributed by atoms with Gasteiger partial charge in [-0.05, 0) is 43.1 Å². The first-order valence-electron chi connectivity index (χ1n) is 7.06. The number of benzene rings is 1. The molecule has 0 bridgehead atoms. The van der Waals surface area contributed by atoms with Crippen molar-refractivity contribution in [3.05, 3.63) is 41.1 Å². The first kappa shape index (κ1) is 14.6. The van der Waals surface area contributed by atoms with Crippen molar-refractivity contribution < 1.29 is 4.79 Å². The van der Waals surface area contributed by atoms with Crippen LogP contribution in [0.5, 0.6) is 0 Å². The molecule has 1 aromatic carbocycles. The number of thiazole rings is 1. The van der Waals surface area contributed by atoms with Crippen LogP contribution in [0.25, 0.3) is 0 Å². The molecule has 1 atom stereocenters. The van der Waals surface area contributed by atoms with Gasteiger partial charge >= 0.3 is 0 Å². The second-order valence-corrected chi connectivity index (χ2v) is 7.36. The van der Waals surface area contributed by atoms with Crippen molar-refractivity contribution in [2.45, 2.75) is 36.3 Å². The maximum Gasteiger partial charge on any atom is 0.226 e. The number of hydrogen-bond donors (Lipinski definition) is 1. The summed E-state index contributed by atoms with van der Waals surface area (Å²) in [5, 5.41) is 3.67. The Hall–Kier alpha value is -1.33. The van der Waals surface area contributed by atoms with Crippen LogP contribution in [0.1, 0.15) is 35.6 Å². The zero-order valence-corrected chi connectivity index (χ0v) is 13.8. The molecule has 0 spiro atoms. The molecule has 1 aromatic heterocycles. The van der Waals surface area contributed by atoms with Crippen molar-refractivity contribution >= 4 is 34.1 Å². The molecule has 110 valence electrons. The lowest BCUT2D eigenvalue weighted by Crippen LogP contribution is -2.14. The van der Waals surface area contributed by atoms with Gasteiger partial charge in [0.1, 0.15) is 0 Å². The van der Waals surface area contributed by atoms with E-state index in [0.717, 1.165) is 22.7 Å². The van der Waals surface area contributed by atoms with Gasteiger partial charge in [0.05, 0.1) is 9.90 Å². The highest BCUT2D eigenvalue weighted by atomic mass is 32.2. The van der Waals surface area contributed by atoms with Crippen molar-refractivity contribution in [1.29, 1.82) is 0 Å². The van der Waals surface area contributed by atoms with E-state index >= 15 is 0 Å². The van der Waals surface area contributed by atoms with Gasteiger partial charge < -0.3 is 5.32 Å². The Morgan fingerprint density at radius 2 is 2.29 bits per heavy atom. The molecule has 3 rings (SSSR count). The van der Waals surface area contributed by atoms with E-state index in [1.54, 1.807) is 23.1 Å². The lowest BCUT2D eigenvalue weighted by atomic mass is 9.97. The first-order chi connectivity index (χ1) is 10.2. The maximum absolute atomic E-state index is 12.2. The fourth-order valence-electron chi connectivity index (χ4n) is 2.88. The van der Waals surface area contributed by atoms with Gasteiger partial charge in [-0.3, -0.25) is 4.79 Å². The van der Waals surface area contributed by atoms with Crippen molar-refractivity contribution in [3.8, 4) is 0 Å². The third-order valence-corrected chi connectivity index (χ3v) is 6.16. The number of anilines is 1. The average Bonchev–Trinajstić information content (AvgIpc) is 3.03. The summed E-state index contributed by atoms with van der Waals surface area (Å²) in [6.07, 6.45) is 4.73. The van der Waals surface area contributed by atoms with Crippen LogP contribution in [0, 0.1) is 6.92 Å². The standard InChI is InChI=1S/C16H18N2OS2/c1-10-15(20-2)21-16(17-10)18-14(19)9-12-8-7-11-5-3-4-6-13(11)12/h3-6,12H,7-9H2,1-2H3,(H,17,18,19). The number of aryl methyl sites for hydroxylation is 2. The quantitative estimate of drug-likeness (QED) is 0.858. The van der Waals surface area contributed by atoms with Crippen molar-refractivity contribution in [2.24, 2.45) is 0 Å². The molecule has 1 aliphatic carbocycles. The smallest absolute Gasteiger partial charge is 0.226 e. The Labute approximate surface area is 133 Å². The number of amides is 1. The monoisotopic (exact) mass is 318 g/mol. The molecule has 1 aliphatic rings. The molecule has 1 unspecified atom stereocenters. The Balaban J connectivity index is 1.65. The summed E-state index contributed by atoms with van der Waals surface area (Å²) in [6.45, 7) is 1.98. The molecule has 0 saturated carbocycles. The van der Waals surface area contributed by atoms with Gasteiger partial charge in [0.15, 0.2) is 5.13 Å². The number of nitrogens with zero attached hydrogens (tertiary/aromatic N) is 1. The molecule has 0 saturated heterocycles. The van der Waals surface area contributed by atoms with E-state index in [1.165, 1.54) is 11.1 Å². The van der Waals surface area contributed by atoms with Gasteiger partial charge in [0.2, 0.25) is 5.91 Å². The van der Waals surface area contributed by atoms with Crippen LogP contribution in [-0.2, 0) is 11.2 Å². The third kappa shape index (κ3) is 3.14. The highest BCUT2D eigenvalue weighted by Crippen LogP contribution is 2.36.